The largest absolute Gasteiger partial charge is 0.416 e. The summed E-state index contributed by atoms with van der Waals surface area (Å²) in [5.41, 5.74) is -0.0119. The van der Waals surface area contributed by atoms with Crippen LogP contribution in [0.2, 0.25) is 36.3 Å². The fourth-order valence-corrected chi connectivity index (χ4v) is 6.36. The first-order chi connectivity index (χ1) is 11.6. The van der Waals surface area contributed by atoms with Crippen LogP contribution in [0.3, 0.4) is 0 Å². The number of rotatable bonds is 6. The minimum Gasteiger partial charge on any atom is -0.416 e. The molecule has 2 aliphatic carbocycles. The van der Waals surface area contributed by atoms with Crippen molar-refractivity contribution >= 4 is 16.6 Å². The molecular formula is C20H40O4Si2. The van der Waals surface area contributed by atoms with Crippen LogP contribution >= 0.6 is 0 Å². The maximum Gasteiger partial charge on any atom is 0.192 e. The molecular weight excluding hydrogens is 360 g/mol. The number of hydrogen-bond acceptors (Lipinski definition) is 4. The smallest absolute Gasteiger partial charge is 0.192 e. The highest BCUT2D eigenvalue weighted by molar-refractivity contribution is 6.74. The summed E-state index contributed by atoms with van der Waals surface area (Å²) in [4.78, 5) is 0. The summed E-state index contributed by atoms with van der Waals surface area (Å²) >= 11 is 0. The van der Waals surface area contributed by atoms with Crippen LogP contribution in [0.1, 0.15) is 41.5 Å². The molecule has 2 saturated carbocycles. The van der Waals surface area contributed by atoms with Crippen molar-refractivity contribution in [1.82, 2.24) is 0 Å². The molecule has 0 spiro atoms. The predicted octanol–water partition coefficient (Wildman–Crippen LogP) is 4.40. The van der Waals surface area contributed by atoms with Gasteiger partial charge < -0.3 is 18.7 Å². The molecule has 6 atom stereocenters. The second-order valence-corrected chi connectivity index (χ2v) is 21.5. The van der Waals surface area contributed by atoms with Gasteiger partial charge >= 0.3 is 0 Å². The van der Waals surface area contributed by atoms with E-state index in [4.69, 9.17) is 13.6 Å². The van der Waals surface area contributed by atoms with E-state index in [1.165, 1.54) is 0 Å². The van der Waals surface area contributed by atoms with Crippen LogP contribution in [0.5, 0.6) is 0 Å². The molecule has 4 rings (SSSR count). The molecule has 2 aliphatic heterocycles. The standard InChI is InChI=1S/C20H40O4Si2/c1-18(2,3)25(7,8)22-11-13-16-15(21)14-17(24-16)20(13,14)12-23-26(9,10)19(4,5)6/h13-17,21H,11-12H2,1-10H3/t13-,14-,15-,16+,17-,20-/m1/s1. The van der Waals surface area contributed by atoms with Gasteiger partial charge in [0.05, 0.1) is 18.3 Å². The lowest BCUT2D eigenvalue weighted by molar-refractivity contribution is 0.0215. The monoisotopic (exact) mass is 400 g/mol. The zero-order valence-corrected chi connectivity index (χ0v) is 20.5. The maximum atomic E-state index is 10.7. The Hall–Kier alpha value is 0.274. The van der Waals surface area contributed by atoms with Crippen molar-refractivity contribution in [3.63, 3.8) is 0 Å². The molecule has 4 nitrogen and oxygen atoms in total. The van der Waals surface area contributed by atoms with E-state index in [0.29, 0.717) is 6.61 Å². The number of aliphatic hydroxyl groups excluding tert-OH is 1. The van der Waals surface area contributed by atoms with Gasteiger partial charge in [-0.05, 0) is 36.3 Å². The third kappa shape index (κ3) is 2.91. The van der Waals surface area contributed by atoms with Gasteiger partial charge in [-0.15, -0.1) is 0 Å². The van der Waals surface area contributed by atoms with Gasteiger partial charge in [0, 0.05) is 30.5 Å². The van der Waals surface area contributed by atoms with Gasteiger partial charge in [-0.2, -0.15) is 0 Å². The Kier molecular flexibility index (Phi) is 4.76. The highest BCUT2D eigenvalue weighted by Crippen LogP contribution is 2.75. The van der Waals surface area contributed by atoms with E-state index in [1.807, 2.05) is 0 Å². The summed E-state index contributed by atoms with van der Waals surface area (Å²) in [6, 6.07) is 0. The van der Waals surface area contributed by atoms with Gasteiger partial charge in [-0.25, -0.2) is 0 Å². The van der Waals surface area contributed by atoms with Crippen LogP contribution in [0.25, 0.3) is 0 Å². The summed E-state index contributed by atoms with van der Waals surface area (Å²) < 4.78 is 19.3. The van der Waals surface area contributed by atoms with Crippen molar-refractivity contribution in [1.29, 1.82) is 0 Å². The fraction of sp³-hybridized carbons (Fsp3) is 1.00. The van der Waals surface area contributed by atoms with Gasteiger partial charge in [0.15, 0.2) is 16.6 Å². The van der Waals surface area contributed by atoms with Crippen molar-refractivity contribution in [2.24, 2.45) is 17.3 Å². The lowest BCUT2D eigenvalue weighted by Crippen LogP contribution is -2.45. The van der Waals surface area contributed by atoms with E-state index in [-0.39, 0.29) is 45.6 Å². The molecule has 6 heteroatoms. The molecule has 0 amide bonds. The second kappa shape index (κ2) is 5.89. The summed E-state index contributed by atoms with van der Waals surface area (Å²) in [6.07, 6.45) is -0.214. The number of aliphatic hydroxyl groups is 1. The third-order valence-electron chi connectivity index (χ3n) is 8.38. The number of hydrogen-bond donors (Lipinski definition) is 1. The Morgan fingerprint density at radius 2 is 1.42 bits per heavy atom. The maximum absolute atomic E-state index is 10.7. The van der Waals surface area contributed by atoms with E-state index in [1.54, 1.807) is 0 Å². The topological polar surface area (TPSA) is 47.9 Å². The van der Waals surface area contributed by atoms with E-state index in [2.05, 4.69) is 67.7 Å². The van der Waals surface area contributed by atoms with E-state index in [0.717, 1.165) is 6.61 Å². The summed E-state index contributed by atoms with van der Waals surface area (Å²) in [5.74, 6) is 0.525. The minimum atomic E-state index is -1.81. The van der Waals surface area contributed by atoms with E-state index in [9.17, 15) is 5.11 Å². The molecule has 4 bridgehead atoms. The van der Waals surface area contributed by atoms with Gasteiger partial charge in [0.2, 0.25) is 0 Å². The molecule has 4 fully saturated rings. The molecule has 26 heavy (non-hydrogen) atoms. The van der Waals surface area contributed by atoms with Gasteiger partial charge in [0.1, 0.15) is 0 Å². The van der Waals surface area contributed by atoms with Crippen LogP contribution in [0, 0.1) is 17.3 Å². The first-order valence-electron chi connectivity index (χ1n) is 10.2. The number of ether oxygens (including phenoxy) is 1. The lowest BCUT2D eigenvalue weighted by atomic mass is 9.92. The van der Waals surface area contributed by atoms with Crippen molar-refractivity contribution in [2.45, 2.75) is 96.1 Å². The van der Waals surface area contributed by atoms with Crippen LogP contribution < -0.4 is 0 Å². The summed E-state index contributed by atoms with van der Waals surface area (Å²) in [6.45, 7) is 24.3. The molecule has 2 saturated heterocycles. The van der Waals surface area contributed by atoms with Crippen molar-refractivity contribution in [2.75, 3.05) is 13.2 Å². The molecule has 152 valence electrons. The summed E-state index contributed by atoms with van der Waals surface area (Å²) in [7, 11) is -3.62. The Bertz CT molecular complexity index is 561. The Morgan fingerprint density at radius 1 is 0.923 bits per heavy atom. The van der Waals surface area contributed by atoms with Crippen molar-refractivity contribution < 1.29 is 18.7 Å². The molecule has 0 aromatic heterocycles. The Balaban J connectivity index is 1.71. The Morgan fingerprint density at radius 3 is 1.85 bits per heavy atom. The predicted molar refractivity (Wildman–Crippen MR) is 110 cm³/mol. The zero-order valence-electron chi connectivity index (χ0n) is 18.5. The van der Waals surface area contributed by atoms with E-state index >= 15 is 0 Å². The molecule has 0 radical (unpaired) electrons. The van der Waals surface area contributed by atoms with Crippen molar-refractivity contribution in [3.8, 4) is 0 Å². The minimum absolute atomic E-state index is 0.0119. The van der Waals surface area contributed by atoms with Crippen LogP contribution in [0.4, 0.5) is 0 Å². The van der Waals surface area contributed by atoms with Crippen molar-refractivity contribution in [3.05, 3.63) is 0 Å². The van der Waals surface area contributed by atoms with Gasteiger partial charge in [0.25, 0.3) is 0 Å². The third-order valence-corrected chi connectivity index (χ3v) is 17.4. The van der Waals surface area contributed by atoms with E-state index < -0.39 is 16.6 Å². The summed E-state index contributed by atoms with van der Waals surface area (Å²) in [5, 5.41) is 11.0. The highest BCUT2D eigenvalue weighted by Gasteiger charge is 2.85. The van der Waals surface area contributed by atoms with Crippen LogP contribution in [0.15, 0.2) is 0 Å². The molecule has 0 unspecified atom stereocenters. The quantitative estimate of drug-likeness (QED) is 0.671. The normalized spacial score (nSPS) is 39.6. The molecule has 0 aromatic rings. The molecule has 0 aromatic carbocycles. The molecule has 1 N–H and O–H groups in total. The zero-order chi connectivity index (χ0) is 19.9. The Labute approximate surface area is 162 Å². The first-order valence-corrected chi connectivity index (χ1v) is 16.0. The molecule has 4 aliphatic rings. The second-order valence-electron chi connectivity index (χ2n) is 11.9. The van der Waals surface area contributed by atoms with Gasteiger partial charge in [-0.3, -0.25) is 0 Å². The fourth-order valence-electron chi connectivity index (χ4n) is 4.28. The first kappa shape index (κ1) is 21.0. The lowest BCUT2D eigenvalue weighted by Gasteiger charge is -2.39. The SMILES string of the molecule is CC(C)(C)[Si](C)(C)OC[C@@H]1[C@@H]2O[C@@H]3[C@@H]([C@H]2O)[C@@]13CO[Si](C)(C)C(C)(C)C. The van der Waals surface area contributed by atoms with Gasteiger partial charge in [-0.1, -0.05) is 41.5 Å². The highest BCUT2D eigenvalue weighted by atomic mass is 28.4. The average Bonchev–Trinajstić information content (AvgIpc) is 2.68. The molecule has 2 heterocycles. The average molecular weight is 401 g/mol. The van der Waals surface area contributed by atoms with Crippen LogP contribution in [-0.2, 0) is 13.6 Å². The van der Waals surface area contributed by atoms with Crippen LogP contribution in [-0.4, -0.2) is 53.3 Å².